The van der Waals surface area contributed by atoms with E-state index in [0.29, 0.717) is 0 Å². The Kier molecular flexibility index (Phi) is 7.51. The first-order chi connectivity index (χ1) is 18.9. The van der Waals surface area contributed by atoms with Crippen LogP contribution in [0.25, 0.3) is 0 Å². The summed E-state index contributed by atoms with van der Waals surface area (Å²) in [6.07, 6.45) is -2.33. The monoisotopic (exact) mass is 591 g/mol. The molecule has 5 rings (SSSR count). The van der Waals surface area contributed by atoms with Gasteiger partial charge in [-0.1, -0.05) is 48.5 Å². The molecule has 1 saturated heterocycles. The zero-order chi connectivity index (χ0) is 28.7. The van der Waals surface area contributed by atoms with Crippen LogP contribution in [0.4, 0.5) is 0 Å². The van der Waals surface area contributed by atoms with Crippen LogP contribution >= 0.6 is 19.3 Å². The predicted octanol–water partition coefficient (Wildman–Crippen LogP) is 2.47. The minimum Gasteiger partial charge on any atom is -0.460 e. The van der Waals surface area contributed by atoms with Crippen LogP contribution in [0.5, 0.6) is 5.75 Å². The number of alkyl halides is 1. The molecule has 1 aliphatic heterocycles. The van der Waals surface area contributed by atoms with Crippen LogP contribution in [0.15, 0.2) is 82.5 Å². The second kappa shape index (κ2) is 10.6. The smallest absolute Gasteiger partial charge is 0.459 e. The summed E-state index contributed by atoms with van der Waals surface area (Å²) in [7, 11) is -4.37. The molecule has 212 valence electrons. The van der Waals surface area contributed by atoms with Gasteiger partial charge in [0.05, 0.1) is 0 Å². The predicted molar refractivity (Wildman–Crippen MR) is 143 cm³/mol. The van der Waals surface area contributed by atoms with Crippen molar-refractivity contribution in [2.24, 2.45) is 0 Å². The van der Waals surface area contributed by atoms with E-state index in [1.165, 1.54) is 20.0 Å². The molecule has 3 unspecified atom stereocenters. The molecule has 7 atom stereocenters. The van der Waals surface area contributed by atoms with Crippen molar-refractivity contribution in [3.8, 4) is 5.75 Å². The van der Waals surface area contributed by atoms with Gasteiger partial charge >= 0.3 is 19.4 Å². The van der Waals surface area contributed by atoms with Crippen molar-refractivity contribution in [2.75, 3.05) is 0 Å². The molecule has 2 heterocycles. The van der Waals surface area contributed by atoms with Gasteiger partial charge in [0.1, 0.15) is 41.1 Å². The number of para-hydroxylation sites is 1. The van der Waals surface area contributed by atoms with E-state index in [9.17, 15) is 24.1 Å². The number of halogens is 1. The number of hydrogen-bond donors (Lipinski definition) is 3. The number of nitrogens with one attached hydrogen (secondary N) is 2. The number of rotatable bonds is 10. The molecule has 0 radical (unpaired) electrons. The number of aromatic amines is 1. The minimum absolute atomic E-state index is 0.00476. The van der Waals surface area contributed by atoms with Crippen molar-refractivity contribution in [3.63, 3.8) is 0 Å². The van der Waals surface area contributed by atoms with E-state index in [1.54, 1.807) is 42.5 Å². The van der Waals surface area contributed by atoms with Crippen LogP contribution in [0, 0.1) is 0 Å². The first-order valence-corrected chi connectivity index (χ1v) is 14.3. The molecule has 2 aromatic carbocycles. The number of esters is 1. The van der Waals surface area contributed by atoms with Crippen LogP contribution in [0.2, 0.25) is 0 Å². The number of nitrogens with zero attached hydrogens (tertiary/aromatic N) is 1. The highest BCUT2D eigenvalue weighted by atomic mass is 35.5. The lowest BCUT2D eigenvalue weighted by molar-refractivity contribution is -0.146. The number of carbonyl (C=O) groups excluding carboxylic acids is 1. The average molecular weight is 592 g/mol. The number of benzene rings is 2. The van der Waals surface area contributed by atoms with Crippen molar-refractivity contribution in [1.29, 1.82) is 0 Å². The van der Waals surface area contributed by atoms with Crippen molar-refractivity contribution in [2.45, 2.75) is 55.4 Å². The highest BCUT2D eigenvalue weighted by molar-refractivity contribution is 7.52. The number of hydrogen-bond acceptors (Lipinski definition) is 9. The molecule has 3 N–H and O–H groups in total. The van der Waals surface area contributed by atoms with Gasteiger partial charge in [-0.25, -0.2) is 9.36 Å². The Bertz CT molecular complexity index is 1550. The number of H-pyrrole nitrogens is 1. The summed E-state index contributed by atoms with van der Waals surface area (Å²) in [6, 6.07) is 17.1. The molecule has 3 aromatic rings. The first kappa shape index (κ1) is 28.3. The summed E-state index contributed by atoms with van der Waals surface area (Å²) < 4.78 is 37.7. The second-order valence-corrected chi connectivity index (χ2v) is 12.1. The van der Waals surface area contributed by atoms with E-state index >= 15 is 0 Å². The Morgan fingerprint density at radius 2 is 1.82 bits per heavy atom. The summed E-state index contributed by atoms with van der Waals surface area (Å²) in [5, 5.41) is 14.0. The quantitative estimate of drug-likeness (QED) is 0.182. The number of carbonyl (C=O) groups is 1. The van der Waals surface area contributed by atoms with Gasteiger partial charge in [-0.05, 0) is 31.5 Å². The number of aliphatic hydroxyl groups is 1. The van der Waals surface area contributed by atoms with Gasteiger partial charge in [-0.15, -0.1) is 11.6 Å². The van der Waals surface area contributed by atoms with Crippen LogP contribution in [0.1, 0.15) is 25.6 Å². The molecular formula is C26H27ClN3O9P. The molecule has 14 heteroatoms. The minimum atomic E-state index is -4.37. The highest BCUT2D eigenvalue weighted by Gasteiger charge is 2.84. The standard InChI is InChI=1S/C26H27ClN3O9P/c1-16(22(32)36-15-17-9-5-3-6-10-17)29-40(35,38-18-11-7-4-8-12-18)39-21-20-26(21,34)25(2,27)23(37-20)30-14-13-19(31)28-24(30)33/h3-14,16,20-21,23,34H,15H2,1-2H3,(H,29,35)(H,28,31,33)/t16?,20-,21?,23-,25+,26+,40?/m1/s1. The summed E-state index contributed by atoms with van der Waals surface area (Å²) >= 11 is 6.72. The van der Waals surface area contributed by atoms with Gasteiger partial charge < -0.3 is 19.1 Å². The van der Waals surface area contributed by atoms with Gasteiger partial charge in [0, 0.05) is 12.3 Å². The van der Waals surface area contributed by atoms with E-state index in [-0.39, 0.29) is 12.4 Å². The summed E-state index contributed by atoms with van der Waals surface area (Å²) in [6.45, 7) is 2.87. The van der Waals surface area contributed by atoms with E-state index in [0.717, 1.165) is 16.2 Å². The van der Waals surface area contributed by atoms with Crippen LogP contribution in [0.3, 0.4) is 0 Å². The van der Waals surface area contributed by atoms with Crippen LogP contribution in [-0.2, 0) is 30.0 Å². The first-order valence-electron chi connectivity index (χ1n) is 12.3. The van der Waals surface area contributed by atoms with Gasteiger partial charge in [-0.2, -0.15) is 5.09 Å². The number of aromatic nitrogens is 2. The third-order valence-electron chi connectivity index (χ3n) is 6.81. The SMILES string of the molecule is CC(NP(=O)(Oc1ccccc1)OC1[C@H]2O[C@@H](n3ccc(=O)[nH]c3=O)[C@](C)(Cl)[C@@]12O)C(=O)OCc1ccccc1. The highest BCUT2D eigenvalue weighted by Crippen LogP contribution is 2.66. The molecule has 1 saturated carbocycles. The van der Waals surface area contributed by atoms with Gasteiger partial charge in [0.2, 0.25) is 0 Å². The Morgan fingerprint density at radius 3 is 2.42 bits per heavy atom. The van der Waals surface area contributed by atoms with E-state index in [1.807, 2.05) is 18.2 Å². The largest absolute Gasteiger partial charge is 0.460 e. The Morgan fingerprint density at radius 1 is 1.18 bits per heavy atom. The maximum absolute atomic E-state index is 14.0. The van der Waals surface area contributed by atoms with Crippen molar-refractivity contribution >= 4 is 25.3 Å². The fourth-order valence-corrected chi connectivity index (χ4v) is 6.65. The zero-order valence-electron chi connectivity index (χ0n) is 21.4. The maximum Gasteiger partial charge on any atom is 0.459 e. The van der Waals surface area contributed by atoms with Gasteiger partial charge in [0.25, 0.3) is 5.56 Å². The molecule has 0 bridgehead atoms. The Balaban J connectivity index is 1.33. The molecule has 0 spiro atoms. The van der Waals surface area contributed by atoms with Gasteiger partial charge in [-0.3, -0.25) is 23.7 Å². The van der Waals surface area contributed by atoms with E-state index in [4.69, 9.17) is 30.1 Å². The summed E-state index contributed by atoms with van der Waals surface area (Å²) in [5.74, 6) is -0.539. The average Bonchev–Trinajstić information content (AvgIpc) is 3.41. The Hall–Kier alpha value is -3.25. The van der Waals surface area contributed by atoms with Crippen LogP contribution in [-0.4, -0.2) is 49.4 Å². The fraction of sp³-hybridized carbons (Fsp3) is 0.346. The molecule has 12 nitrogen and oxygen atoms in total. The summed E-state index contributed by atoms with van der Waals surface area (Å²) in [5.41, 5.74) is -2.52. The lowest BCUT2D eigenvalue weighted by atomic mass is 10.0. The lowest BCUT2D eigenvalue weighted by Crippen LogP contribution is -2.47. The topological polar surface area (TPSA) is 158 Å². The summed E-state index contributed by atoms with van der Waals surface area (Å²) in [4.78, 5) is 36.9. The van der Waals surface area contributed by atoms with Crippen molar-refractivity contribution in [1.82, 2.24) is 14.6 Å². The van der Waals surface area contributed by atoms with Crippen molar-refractivity contribution < 1.29 is 33.0 Å². The number of ether oxygens (including phenoxy) is 2. The molecule has 0 amide bonds. The van der Waals surface area contributed by atoms with Crippen LogP contribution < -0.4 is 20.9 Å². The molecule has 1 aromatic heterocycles. The van der Waals surface area contributed by atoms with E-state index < -0.39 is 59.9 Å². The Labute approximate surface area is 233 Å². The number of fused-ring (bicyclic) bond motifs is 1. The van der Waals surface area contributed by atoms with Gasteiger partial charge in [0.15, 0.2) is 6.23 Å². The molecular weight excluding hydrogens is 565 g/mol. The molecule has 40 heavy (non-hydrogen) atoms. The fourth-order valence-electron chi connectivity index (χ4n) is 4.58. The molecule has 2 fully saturated rings. The molecule has 1 aliphatic carbocycles. The van der Waals surface area contributed by atoms with E-state index in [2.05, 4.69) is 10.1 Å². The zero-order valence-corrected chi connectivity index (χ0v) is 23.1. The lowest BCUT2D eigenvalue weighted by Gasteiger charge is -2.33. The second-order valence-electron chi connectivity index (χ2n) is 9.70. The third kappa shape index (κ3) is 5.26. The molecule has 2 aliphatic rings. The third-order valence-corrected chi connectivity index (χ3v) is 8.96. The maximum atomic E-state index is 14.0. The normalized spacial score (nSPS) is 29.1. The van der Waals surface area contributed by atoms with Crippen molar-refractivity contribution in [3.05, 3.63) is 99.3 Å².